The summed E-state index contributed by atoms with van der Waals surface area (Å²) in [6.45, 7) is 7.64. The largest absolute Gasteiger partial charge is 0.494 e. The van der Waals surface area contributed by atoms with Crippen molar-refractivity contribution in [1.29, 1.82) is 0 Å². The van der Waals surface area contributed by atoms with Crippen LogP contribution in [0.2, 0.25) is 0 Å². The summed E-state index contributed by atoms with van der Waals surface area (Å²) < 4.78 is 11.4. The van der Waals surface area contributed by atoms with E-state index in [2.05, 4.69) is 24.5 Å². The number of hydrogen-bond acceptors (Lipinski definition) is 4. The lowest BCUT2D eigenvalue weighted by Crippen LogP contribution is -2.38. The Balaban J connectivity index is 1.66. The second kappa shape index (κ2) is 16.1. The van der Waals surface area contributed by atoms with E-state index < -0.39 is 0 Å². The van der Waals surface area contributed by atoms with Gasteiger partial charge in [0.15, 0.2) is 0 Å². The lowest BCUT2D eigenvalue weighted by Gasteiger charge is -2.24. The van der Waals surface area contributed by atoms with Crippen LogP contribution in [0, 0.1) is 5.92 Å². The highest BCUT2D eigenvalue weighted by Crippen LogP contribution is 2.25. The third-order valence-corrected chi connectivity index (χ3v) is 6.42. The Morgan fingerprint density at radius 3 is 2.13 bits per heavy atom. The molecule has 0 spiro atoms. The van der Waals surface area contributed by atoms with Crippen LogP contribution < -0.4 is 25.0 Å². The van der Waals surface area contributed by atoms with E-state index in [1.807, 2.05) is 85.8 Å². The summed E-state index contributed by atoms with van der Waals surface area (Å²) in [5.74, 6) is 2.32. The van der Waals surface area contributed by atoms with Crippen molar-refractivity contribution in [3.8, 4) is 17.2 Å². The van der Waals surface area contributed by atoms with Gasteiger partial charge in [-0.25, -0.2) is 4.79 Å². The summed E-state index contributed by atoms with van der Waals surface area (Å²) in [5.41, 5.74) is 1.41. The molecule has 0 aliphatic heterocycles. The van der Waals surface area contributed by atoms with Crippen LogP contribution in [0.3, 0.4) is 0 Å². The Labute approximate surface area is 232 Å². The van der Waals surface area contributed by atoms with Gasteiger partial charge in [-0.2, -0.15) is 0 Å². The number of para-hydroxylation sites is 1. The van der Waals surface area contributed by atoms with Crippen LogP contribution in [-0.2, 0) is 4.79 Å². The summed E-state index contributed by atoms with van der Waals surface area (Å²) in [7, 11) is 0. The fourth-order valence-electron chi connectivity index (χ4n) is 4.22. The first-order valence-corrected chi connectivity index (χ1v) is 14.0. The molecule has 1 unspecified atom stereocenters. The monoisotopic (exact) mass is 531 g/mol. The second-order valence-corrected chi connectivity index (χ2v) is 9.34. The minimum atomic E-state index is -0.253. The maximum atomic E-state index is 13.4. The zero-order valence-corrected chi connectivity index (χ0v) is 23.3. The number of amides is 3. The Morgan fingerprint density at radius 1 is 0.821 bits per heavy atom. The molecule has 3 rings (SSSR count). The Bertz CT molecular complexity index is 1130. The minimum absolute atomic E-state index is 0.0428. The summed E-state index contributed by atoms with van der Waals surface area (Å²) in [6.07, 6.45) is 4.49. The van der Waals surface area contributed by atoms with Gasteiger partial charge in [-0.1, -0.05) is 44.9 Å². The van der Waals surface area contributed by atoms with Crippen molar-refractivity contribution in [2.45, 2.75) is 52.9 Å². The zero-order chi connectivity index (χ0) is 27.9. The average molecular weight is 532 g/mol. The number of nitrogens with zero attached hydrogens (tertiary/aromatic N) is 1. The molecule has 1 atom stereocenters. The minimum Gasteiger partial charge on any atom is -0.494 e. The molecule has 3 amide bonds. The number of benzene rings is 3. The van der Waals surface area contributed by atoms with Gasteiger partial charge < -0.3 is 20.1 Å². The highest BCUT2D eigenvalue weighted by molar-refractivity contribution is 6.01. The van der Waals surface area contributed by atoms with Crippen LogP contribution in [0.1, 0.15) is 52.9 Å². The smallest absolute Gasteiger partial charge is 0.326 e. The number of ether oxygens (including phenoxy) is 2. The van der Waals surface area contributed by atoms with E-state index in [0.29, 0.717) is 37.6 Å². The van der Waals surface area contributed by atoms with Crippen molar-refractivity contribution in [1.82, 2.24) is 5.32 Å². The Kier molecular flexibility index (Phi) is 12.2. The van der Waals surface area contributed by atoms with E-state index >= 15 is 0 Å². The highest BCUT2D eigenvalue weighted by atomic mass is 16.5. The molecule has 7 nitrogen and oxygen atoms in total. The molecule has 0 aromatic heterocycles. The fourth-order valence-corrected chi connectivity index (χ4v) is 4.22. The van der Waals surface area contributed by atoms with Crippen LogP contribution in [-0.4, -0.2) is 31.6 Å². The molecular weight excluding hydrogens is 490 g/mol. The number of unbranched alkanes of at least 4 members (excludes halogenated alkanes) is 1. The summed E-state index contributed by atoms with van der Waals surface area (Å²) >= 11 is 0. The normalized spacial score (nSPS) is 11.4. The lowest BCUT2D eigenvalue weighted by atomic mass is 9.98. The van der Waals surface area contributed by atoms with Crippen molar-refractivity contribution >= 4 is 23.3 Å². The second-order valence-electron chi connectivity index (χ2n) is 9.34. The van der Waals surface area contributed by atoms with E-state index in [1.165, 1.54) is 0 Å². The van der Waals surface area contributed by atoms with Crippen LogP contribution in [0.4, 0.5) is 16.2 Å². The first-order valence-electron chi connectivity index (χ1n) is 14.0. The van der Waals surface area contributed by atoms with Crippen molar-refractivity contribution in [2.24, 2.45) is 5.92 Å². The number of nitrogens with one attached hydrogen (secondary N) is 2. The van der Waals surface area contributed by atoms with Crippen LogP contribution >= 0.6 is 0 Å². The van der Waals surface area contributed by atoms with Crippen LogP contribution in [0.5, 0.6) is 17.2 Å². The Hall–Kier alpha value is -4.00. The van der Waals surface area contributed by atoms with Crippen molar-refractivity contribution in [3.63, 3.8) is 0 Å². The Morgan fingerprint density at radius 2 is 1.49 bits per heavy atom. The lowest BCUT2D eigenvalue weighted by molar-refractivity contribution is -0.125. The predicted molar refractivity (Wildman–Crippen MR) is 158 cm³/mol. The maximum Gasteiger partial charge on any atom is 0.326 e. The number of rotatable bonds is 15. The molecule has 0 aliphatic carbocycles. The van der Waals surface area contributed by atoms with Crippen LogP contribution in [0.15, 0.2) is 78.9 Å². The van der Waals surface area contributed by atoms with Crippen LogP contribution in [0.25, 0.3) is 0 Å². The molecule has 0 saturated heterocycles. The van der Waals surface area contributed by atoms with E-state index in [4.69, 9.17) is 9.47 Å². The molecule has 208 valence electrons. The quantitative estimate of drug-likeness (QED) is 0.198. The summed E-state index contributed by atoms with van der Waals surface area (Å²) in [4.78, 5) is 27.7. The topological polar surface area (TPSA) is 79.9 Å². The van der Waals surface area contributed by atoms with Gasteiger partial charge in [0, 0.05) is 30.4 Å². The van der Waals surface area contributed by atoms with Gasteiger partial charge in [-0.15, -0.1) is 0 Å². The number of urea groups is 1. The average Bonchev–Trinajstić information content (AvgIpc) is 2.96. The van der Waals surface area contributed by atoms with Crippen molar-refractivity contribution in [2.75, 3.05) is 29.9 Å². The van der Waals surface area contributed by atoms with Gasteiger partial charge >= 0.3 is 6.03 Å². The molecule has 7 heteroatoms. The molecule has 3 aromatic carbocycles. The molecule has 0 bridgehead atoms. The van der Waals surface area contributed by atoms with Crippen molar-refractivity contribution < 1.29 is 19.1 Å². The summed E-state index contributed by atoms with van der Waals surface area (Å²) in [6, 6.07) is 24.0. The predicted octanol–water partition coefficient (Wildman–Crippen LogP) is 7.64. The molecule has 0 aliphatic rings. The first-order chi connectivity index (χ1) is 19.0. The third kappa shape index (κ3) is 9.67. The summed E-state index contributed by atoms with van der Waals surface area (Å²) in [5, 5.41) is 6.04. The molecular formula is C32H41N3O4. The number of carbonyl (C=O) groups excluding carboxylic acids is 2. The number of carbonyl (C=O) groups is 2. The van der Waals surface area contributed by atoms with Gasteiger partial charge in [-0.05, 0) is 86.8 Å². The standard InChI is InChI=1S/C32H41N3O4/c1-4-7-12-25(5-2)31(36)33-23-11-24-35(32(37)34-26-15-19-28(20-16-26)38-6-3)27-17-21-30(22-18-27)39-29-13-9-8-10-14-29/h8-10,13-22,25H,4-7,11-12,23-24H2,1-3H3,(H,33,36)(H,34,37). The van der Waals surface area contributed by atoms with Crippen molar-refractivity contribution in [3.05, 3.63) is 78.9 Å². The third-order valence-electron chi connectivity index (χ3n) is 6.42. The molecule has 3 aromatic rings. The number of hydrogen-bond donors (Lipinski definition) is 2. The van der Waals surface area contributed by atoms with E-state index in [9.17, 15) is 9.59 Å². The molecule has 0 fully saturated rings. The maximum absolute atomic E-state index is 13.4. The van der Waals surface area contributed by atoms with E-state index in [-0.39, 0.29) is 17.9 Å². The SMILES string of the molecule is CCCCC(CC)C(=O)NCCCN(C(=O)Nc1ccc(OCC)cc1)c1ccc(Oc2ccccc2)cc1. The van der Waals surface area contributed by atoms with E-state index in [1.54, 1.807) is 4.90 Å². The number of anilines is 2. The molecule has 39 heavy (non-hydrogen) atoms. The van der Waals surface area contributed by atoms with Gasteiger partial charge in [-0.3, -0.25) is 9.69 Å². The molecule has 0 saturated carbocycles. The molecule has 0 heterocycles. The van der Waals surface area contributed by atoms with Gasteiger partial charge in [0.25, 0.3) is 0 Å². The van der Waals surface area contributed by atoms with Gasteiger partial charge in [0.05, 0.1) is 6.61 Å². The van der Waals surface area contributed by atoms with Gasteiger partial charge in [0.1, 0.15) is 17.2 Å². The first kappa shape index (κ1) is 29.6. The molecule has 0 radical (unpaired) electrons. The van der Waals surface area contributed by atoms with E-state index in [0.717, 1.165) is 42.9 Å². The highest BCUT2D eigenvalue weighted by Gasteiger charge is 2.18. The molecule has 2 N–H and O–H groups in total. The van der Waals surface area contributed by atoms with Gasteiger partial charge in [0.2, 0.25) is 5.91 Å². The fraction of sp³-hybridized carbons (Fsp3) is 0.375. The zero-order valence-electron chi connectivity index (χ0n) is 23.3.